The molecule has 1 amide bonds. The third kappa shape index (κ3) is 2.53. The van der Waals surface area contributed by atoms with Crippen molar-refractivity contribution in [1.82, 2.24) is 4.98 Å². The summed E-state index contributed by atoms with van der Waals surface area (Å²) in [5.41, 5.74) is 1.97. The zero-order valence-electron chi connectivity index (χ0n) is 10.2. The molecule has 0 bridgehead atoms. The first-order valence-corrected chi connectivity index (χ1v) is 5.56. The lowest BCUT2D eigenvalue weighted by Crippen LogP contribution is -2.14. The molecule has 0 aliphatic heterocycles. The molecule has 92 valence electrons. The van der Waals surface area contributed by atoms with E-state index in [0.717, 1.165) is 5.56 Å². The third-order valence-electron chi connectivity index (χ3n) is 2.57. The van der Waals surface area contributed by atoms with E-state index in [2.05, 4.69) is 10.3 Å². The maximum atomic E-state index is 13.8. The lowest BCUT2D eigenvalue weighted by atomic mass is 10.1. The first-order valence-electron chi connectivity index (χ1n) is 5.56. The van der Waals surface area contributed by atoms with Gasteiger partial charge in [0.05, 0.1) is 17.4 Å². The van der Waals surface area contributed by atoms with Crippen molar-refractivity contribution in [3.63, 3.8) is 0 Å². The lowest BCUT2D eigenvalue weighted by molar-refractivity contribution is 0.102. The fourth-order valence-electron chi connectivity index (χ4n) is 1.64. The number of benzene rings is 1. The van der Waals surface area contributed by atoms with Crippen molar-refractivity contribution in [1.29, 1.82) is 0 Å². The van der Waals surface area contributed by atoms with Gasteiger partial charge in [0.15, 0.2) is 0 Å². The predicted octanol–water partition coefficient (Wildman–Crippen LogP) is 3.09. The van der Waals surface area contributed by atoms with Gasteiger partial charge in [0.2, 0.25) is 0 Å². The number of nitrogens with one attached hydrogen (secondary N) is 1. The van der Waals surface area contributed by atoms with Gasteiger partial charge in [0, 0.05) is 6.20 Å². The van der Waals surface area contributed by atoms with Gasteiger partial charge < -0.3 is 5.32 Å². The molecule has 4 heteroatoms. The standard InChI is InChI=1S/C14H13FN2O/c1-9-6-11(8-16-7-9)17-14(18)12-5-3-4-10(2)13(12)15/h3-8H,1-2H3,(H,17,18). The number of anilines is 1. The van der Waals surface area contributed by atoms with Crippen molar-refractivity contribution in [2.45, 2.75) is 13.8 Å². The Labute approximate surface area is 105 Å². The Morgan fingerprint density at radius 1 is 1.28 bits per heavy atom. The molecule has 18 heavy (non-hydrogen) atoms. The largest absolute Gasteiger partial charge is 0.320 e. The molecule has 0 aliphatic rings. The number of hydrogen-bond acceptors (Lipinski definition) is 2. The molecule has 0 spiro atoms. The summed E-state index contributed by atoms with van der Waals surface area (Å²) in [5, 5.41) is 2.63. The van der Waals surface area contributed by atoms with Crippen LogP contribution in [-0.2, 0) is 0 Å². The molecule has 1 N–H and O–H groups in total. The number of carbonyl (C=O) groups is 1. The Kier molecular flexibility index (Phi) is 3.37. The Morgan fingerprint density at radius 3 is 2.78 bits per heavy atom. The first-order chi connectivity index (χ1) is 8.58. The Hall–Kier alpha value is -2.23. The van der Waals surface area contributed by atoms with E-state index in [1.54, 1.807) is 31.3 Å². The summed E-state index contributed by atoms with van der Waals surface area (Å²) in [6.07, 6.45) is 3.21. The van der Waals surface area contributed by atoms with Crippen LogP contribution in [0.1, 0.15) is 21.5 Å². The number of hydrogen-bond donors (Lipinski definition) is 1. The number of rotatable bonds is 2. The van der Waals surface area contributed by atoms with Crippen LogP contribution in [0.4, 0.5) is 10.1 Å². The van der Waals surface area contributed by atoms with Crippen LogP contribution in [-0.4, -0.2) is 10.9 Å². The number of pyridine rings is 1. The quantitative estimate of drug-likeness (QED) is 0.882. The fourth-order valence-corrected chi connectivity index (χ4v) is 1.64. The number of halogens is 1. The molecule has 1 aromatic heterocycles. The van der Waals surface area contributed by atoms with Crippen LogP contribution in [0.15, 0.2) is 36.7 Å². The van der Waals surface area contributed by atoms with Crippen molar-refractivity contribution in [3.05, 3.63) is 59.2 Å². The highest BCUT2D eigenvalue weighted by atomic mass is 19.1. The van der Waals surface area contributed by atoms with Gasteiger partial charge in [-0.15, -0.1) is 0 Å². The summed E-state index contributed by atoms with van der Waals surface area (Å²) in [4.78, 5) is 15.9. The highest BCUT2D eigenvalue weighted by Gasteiger charge is 2.13. The van der Waals surface area contributed by atoms with Crippen LogP contribution in [0.2, 0.25) is 0 Å². The zero-order valence-corrected chi connectivity index (χ0v) is 10.2. The van der Waals surface area contributed by atoms with Gasteiger partial charge in [-0.25, -0.2) is 4.39 Å². The third-order valence-corrected chi connectivity index (χ3v) is 2.57. The predicted molar refractivity (Wildman–Crippen MR) is 68.1 cm³/mol. The normalized spacial score (nSPS) is 10.2. The lowest BCUT2D eigenvalue weighted by Gasteiger charge is -2.07. The second-order valence-electron chi connectivity index (χ2n) is 4.14. The Morgan fingerprint density at radius 2 is 2.06 bits per heavy atom. The zero-order chi connectivity index (χ0) is 13.1. The van der Waals surface area contributed by atoms with E-state index in [4.69, 9.17) is 0 Å². The van der Waals surface area contributed by atoms with Gasteiger partial charge in [-0.2, -0.15) is 0 Å². The van der Waals surface area contributed by atoms with Crippen LogP contribution in [0.5, 0.6) is 0 Å². The van der Waals surface area contributed by atoms with E-state index in [1.165, 1.54) is 12.3 Å². The van der Waals surface area contributed by atoms with Crippen molar-refractivity contribution in [2.75, 3.05) is 5.32 Å². The summed E-state index contributed by atoms with van der Waals surface area (Å²) in [6.45, 7) is 3.50. The van der Waals surface area contributed by atoms with Crippen LogP contribution in [0.3, 0.4) is 0 Å². The van der Waals surface area contributed by atoms with Gasteiger partial charge in [-0.1, -0.05) is 12.1 Å². The van der Waals surface area contributed by atoms with Gasteiger partial charge in [0.25, 0.3) is 5.91 Å². The molecule has 3 nitrogen and oxygen atoms in total. The Bertz CT molecular complexity index is 596. The smallest absolute Gasteiger partial charge is 0.258 e. The molecular weight excluding hydrogens is 231 g/mol. The molecule has 1 heterocycles. The molecule has 0 atom stereocenters. The topological polar surface area (TPSA) is 42.0 Å². The molecule has 0 saturated carbocycles. The van der Waals surface area contributed by atoms with Crippen molar-refractivity contribution >= 4 is 11.6 Å². The summed E-state index contributed by atoms with van der Waals surface area (Å²) in [7, 11) is 0. The minimum Gasteiger partial charge on any atom is -0.320 e. The second kappa shape index (κ2) is 4.96. The molecule has 0 fully saturated rings. The van der Waals surface area contributed by atoms with Crippen LogP contribution in [0.25, 0.3) is 0 Å². The fraction of sp³-hybridized carbons (Fsp3) is 0.143. The maximum absolute atomic E-state index is 13.8. The van der Waals surface area contributed by atoms with E-state index >= 15 is 0 Å². The average Bonchev–Trinajstić information content (AvgIpc) is 2.32. The Balaban J connectivity index is 2.25. The number of aromatic nitrogens is 1. The first kappa shape index (κ1) is 12.2. The van der Waals surface area contributed by atoms with Crippen molar-refractivity contribution < 1.29 is 9.18 Å². The molecule has 0 radical (unpaired) electrons. The van der Waals surface area contributed by atoms with Gasteiger partial charge in [-0.3, -0.25) is 9.78 Å². The van der Waals surface area contributed by atoms with Crippen LogP contribution >= 0.6 is 0 Å². The maximum Gasteiger partial charge on any atom is 0.258 e. The van der Waals surface area contributed by atoms with E-state index in [0.29, 0.717) is 11.3 Å². The number of carbonyl (C=O) groups excluding carboxylic acids is 1. The monoisotopic (exact) mass is 244 g/mol. The summed E-state index contributed by atoms with van der Waals surface area (Å²) in [6, 6.07) is 6.52. The number of aryl methyl sites for hydroxylation is 2. The van der Waals surface area contributed by atoms with Gasteiger partial charge in [-0.05, 0) is 37.1 Å². The van der Waals surface area contributed by atoms with E-state index < -0.39 is 11.7 Å². The number of amides is 1. The average molecular weight is 244 g/mol. The highest BCUT2D eigenvalue weighted by Crippen LogP contribution is 2.14. The molecule has 1 aromatic carbocycles. The SMILES string of the molecule is Cc1cncc(NC(=O)c2cccc(C)c2F)c1. The van der Waals surface area contributed by atoms with Gasteiger partial charge >= 0.3 is 0 Å². The van der Waals surface area contributed by atoms with Crippen molar-refractivity contribution in [2.24, 2.45) is 0 Å². The van der Waals surface area contributed by atoms with Crippen molar-refractivity contribution in [3.8, 4) is 0 Å². The molecule has 2 rings (SSSR count). The van der Waals surface area contributed by atoms with Gasteiger partial charge in [0.1, 0.15) is 5.82 Å². The molecular formula is C14H13FN2O. The molecule has 0 saturated heterocycles. The van der Waals surface area contributed by atoms with E-state index in [1.807, 2.05) is 6.92 Å². The summed E-state index contributed by atoms with van der Waals surface area (Å²) in [5.74, 6) is -0.959. The van der Waals surface area contributed by atoms with E-state index in [-0.39, 0.29) is 5.56 Å². The highest BCUT2D eigenvalue weighted by molar-refractivity contribution is 6.04. The number of nitrogens with zero attached hydrogens (tertiary/aromatic N) is 1. The molecule has 0 unspecified atom stereocenters. The summed E-state index contributed by atoms with van der Waals surface area (Å²) >= 11 is 0. The molecule has 0 aliphatic carbocycles. The van der Waals surface area contributed by atoms with Crippen LogP contribution in [0, 0.1) is 19.7 Å². The van der Waals surface area contributed by atoms with E-state index in [9.17, 15) is 9.18 Å². The van der Waals surface area contributed by atoms with Crippen LogP contribution < -0.4 is 5.32 Å². The molecule has 2 aromatic rings. The second-order valence-corrected chi connectivity index (χ2v) is 4.14. The summed E-state index contributed by atoms with van der Waals surface area (Å²) < 4.78 is 13.8. The minimum atomic E-state index is -0.490. The minimum absolute atomic E-state index is 0.0384.